The highest BCUT2D eigenvalue weighted by Gasteiger charge is 2.29. The molecule has 1 aromatic rings. The predicted octanol–water partition coefficient (Wildman–Crippen LogP) is 2.38. The Labute approximate surface area is 145 Å². The molecular weight excluding hydrogens is 304 g/mol. The van der Waals surface area contributed by atoms with E-state index in [1.54, 1.807) is 11.9 Å². The monoisotopic (exact) mass is 334 g/mol. The summed E-state index contributed by atoms with van der Waals surface area (Å²) in [6, 6.07) is 9.63. The number of amides is 1. The number of carbonyl (C=O) groups excluding carboxylic acids is 2. The quantitative estimate of drug-likeness (QED) is 0.777. The summed E-state index contributed by atoms with van der Waals surface area (Å²) in [5.74, 6) is -0.894. The fourth-order valence-electron chi connectivity index (χ4n) is 2.39. The summed E-state index contributed by atoms with van der Waals surface area (Å²) in [4.78, 5) is 26.6. The topological polar surface area (TPSA) is 72.6 Å². The normalized spacial score (nSPS) is 13.9. The minimum Gasteiger partial charge on any atom is -0.460 e. The zero-order chi connectivity index (χ0) is 18.3. The number of hydrogen-bond donors (Lipinski definition) is 1. The molecule has 0 bridgehead atoms. The number of benzene rings is 1. The summed E-state index contributed by atoms with van der Waals surface area (Å²) >= 11 is 0. The van der Waals surface area contributed by atoms with Crippen molar-refractivity contribution in [1.82, 2.24) is 4.90 Å². The first kappa shape index (κ1) is 20.2. The summed E-state index contributed by atoms with van der Waals surface area (Å²) in [5.41, 5.74) is 6.12. The Bertz CT molecular complexity index is 537. The summed E-state index contributed by atoms with van der Waals surface area (Å²) < 4.78 is 5.39. The molecule has 1 aromatic carbocycles. The van der Waals surface area contributed by atoms with Crippen LogP contribution in [0.15, 0.2) is 30.3 Å². The van der Waals surface area contributed by atoms with E-state index in [-0.39, 0.29) is 24.3 Å². The molecule has 0 heterocycles. The van der Waals surface area contributed by atoms with E-state index < -0.39 is 11.5 Å². The van der Waals surface area contributed by atoms with Gasteiger partial charge in [0.15, 0.2) is 0 Å². The van der Waals surface area contributed by atoms with Gasteiger partial charge in [-0.05, 0) is 39.7 Å². The number of hydrogen-bond acceptors (Lipinski definition) is 4. The maximum absolute atomic E-state index is 12.8. The van der Waals surface area contributed by atoms with Crippen LogP contribution in [0, 0.1) is 5.92 Å². The smallest absolute Gasteiger partial charge is 0.307 e. The van der Waals surface area contributed by atoms with E-state index in [2.05, 4.69) is 0 Å². The van der Waals surface area contributed by atoms with Crippen molar-refractivity contribution in [2.75, 3.05) is 13.6 Å². The highest BCUT2D eigenvalue weighted by molar-refractivity contribution is 5.84. The van der Waals surface area contributed by atoms with Crippen LogP contribution in [-0.4, -0.2) is 42.0 Å². The van der Waals surface area contributed by atoms with Gasteiger partial charge in [-0.25, -0.2) is 0 Å². The highest BCUT2D eigenvalue weighted by atomic mass is 16.6. The van der Waals surface area contributed by atoms with E-state index in [0.717, 1.165) is 5.56 Å². The first-order valence-corrected chi connectivity index (χ1v) is 8.36. The number of likely N-dealkylation sites (N-methyl/N-ethyl adjacent to an activating group) is 1. The first-order chi connectivity index (χ1) is 11.1. The van der Waals surface area contributed by atoms with Crippen LogP contribution in [0.25, 0.3) is 0 Å². The van der Waals surface area contributed by atoms with Gasteiger partial charge < -0.3 is 15.4 Å². The van der Waals surface area contributed by atoms with Crippen LogP contribution in [-0.2, 0) is 20.7 Å². The van der Waals surface area contributed by atoms with E-state index in [9.17, 15) is 9.59 Å². The summed E-state index contributed by atoms with van der Waals surface area (Å²) in [5, 5.41) is 0. The molecular formula is C19H30N2O3. The molecule has 5 nitrogen and oxygen atoms in total. The molecule has 0 unspecified atom stereocenters. The summed E-state index contributed by atoms with van der Waals surface area (Å²) in [7, 11) is 1.73. The number of nitrogens with zero attached hydrogens (tertiary/aromatic N) is 1. The van der Waals surface area contributed by atoms with Crippen molar-refractivity contribution in [2.24, 2.45) is 11.7 Å². The lowest BCUT2D eigenvalue weighted by molar-refractivity contribution is -0.158. The van der Waals surface area contributed by atoms with E-state index >= 15 is 0 Å². The Morgan fingerprint density at radius 1 is 1.21 bits per heavy atom. The molecule has 2 N–H and O–H groups in total. The average Bonchev–Trinajstić information content (AvgIpc) is 2.51. The molecule has 0 radical (unpaired) electrons. The molecule has 134 valence electrons. The second kappa shape index (κ2) is 8.83. The lowest BCUT2D eigenvalue weighted by Gasteiger charge is -2.29. The van der Waals surface area contributed by atoms with Crippen LogP contribution in [0.1, 0.15) is 39.7 Å². The van der Waals surface area contributed by atoms with Gasteiger partial charge in [0.25, 0.3) is 0 Å². The van der Waals surface area contributed by atoms with Gasteiger partial charge in [0.05, 0.1) is 12.3 Å². The van der Waals surface area contributed by atoms with E-state index in [1.165, 1.54) is 0 Å². The molecule has 1 amide bonds. The second-order valence-corrected chi connectivity index (χ2v) is 7.21. The zero-order valence-electron chi connectivity index (χ0n) is 15.4. The molecule has 0 fully saturated rings. The van der Waals surface area contributed by atoms with Crippen molar-refractivity contribution in [3.63, 3.8) is 0 Å². The third-order valence-electron chi connectivity index (χ3n) is 3.86. The number of ether oxygens (including phenoxy) is 1. The summed E-state index contributed by atoms with van der Waals surface area (Å²) in [6.07, 6.45) is 0.563. The maximum atomic E-state index is 12.8. The molecule has 0 saturated heterocycles. The average molecular weight is 334 g/mol. The summed E-state index contributed by atoms with van der Waals surface area (Å²) in [6.45, 7) is 7.74. The SMILES string of the molecule is C[C@@H](CN)N(C)C(=O)[C@@H](CC(=O)OC(C)(C)C)Cc1ccccc1. The largest absolute Gasteiger partial charge is 0.460 e. The number of nitrogens with two attached hydrogens (primary N) is 1. The molecule has 0 spiro atoms. The Morgan fingerprint density at radius 2 is 1.79 bits per heavy atom. The van der Waals surface area contributed by atoms with Crippen molar-refractivity contribution in [3.8, 4) is 0 Å². The second-order valence-electron chi connectivity index (χ2n) is 7.21. The van der Waals surface area contributed by atoms with Gasteiger partial charge in [0.1, 0.15) is 5.60 Å². The number of rotatable bonds is 7. The molecule has 1 rings (SSSR count). The molecule has 0 aliphatic rings. The third-order valence-corrected chi connectivity index (χ3v) is 3.86. The van der Waals surface area contributed by atoms with Gasteiger partial charge in [-0.2, -0.15) is 0 Å². The number of carbonyl (C=O) groups is 2. The van der Waals surface area contributed by atoms with E-state index in [0.29, 0.717) is 13.0 Å². The predicted molar refractivity (Wildman–Crippen MR) is 95.4 cm³/mol. The third kappa shape index (κ3) is 6.71. The van der Waals surface area contributed by atoms with Gasteiger partial charge in [0, 0.05) is 19.6 Å². The molecule has 0 aliphatic heterocycles. The van der Waals surface area contributed by atoms with Crippen LogP contribution >= 0.6 is 0 Å². The molecule has 24 heavy (non-hydrogen) atoms. The highest BCUT2D eigenvalue weighted by Crippen LogP contribution is 2.19. The maximum Gasteiger partial charge on any atom is 0.307 e. The van der Waals surface area contributed by atoms with Crippen molar-refractivity contribution in [1.29, 1.82) is 0 Å². The van der Waals surface area contributed by atoms with Crippen LogP contribution in [0.4, 0.5) is 0 Å². The minimum absolute atomic E-state index is 0.0621. The lowest BCUT2D eigenvalue weighted by Crippen LogP contribution is -2.44. The van der Waals surface area contributed by atoms with Crippen molar-refractivity contribution < 1.29 is 14.3 Å². The minimum atomic E-state index is -0.562. The fourth-order valence-corrected chi connectivity index (χ4v) is 2.39. The standard InChI is InChI=1S/C19H30N2O3/c1-14(13-20)21(5)18(23)16(11-15-9-7-6-8-10-15)12-17(22)24-19(2,3)4/h6-10,14,16H,11-13,20H2,1-5H3/t14-,16+/m0/s1. The zero-order valence-corrected chi connectivity index (χ0v) is 15.4. The van der Waals surface area contributed by atoms with Crippen LogP contribution in [0.3, 0.4) is 0 Å². The number of esters is 1. The first-order valence-electron chi connectivity index (χ1n) is 8.36. The molecule has 0 aromatic heterocycles. The van der Waals surface area contributed by atoms with Gasteiger partial charge in [-0.3, -0.25) is 9.59 Å². The Hall–Kier alpha value is -1.88. The van der Waals surface area contributed by atoms with Crippen LogP contribution in [0.5, 0.6) is 0 Å². The Morgan fingerprint density at radius 3 is 2.29 bits per heavy atom. The molecule has 0 saturated carbocycles. The van der Waals surface area contributed by atoms with Crippen molar-refractivity contribution in [2.45, 2.75) is 52.2 Å². The van der Waals surface area contributed by atoms with Gasteiger partial charge >= 0.3 is 5.97 Å². The van der Waals surface area contributed by atoms with Gasteiger partial charge in [0.2, 0.25) is 5.91 Å². The van der Waals surface area contributed by atoms with Gasteiger partial charge in [-0.15, -0.1) is 0 Å². The molecule has 0 aliphatic carbocycles. The molecule has 5 heteroatoms. The molecule has 2 atom stereocenters. The lowest BCUT2D eigenvalue weighted by atomic mass is 9.94. The van der Waals surface area contributed by atoms with Crippen molar-refractivity contribution in [3.05, 3.63) is 35.9 Å². The Balaban J connectivity index is 2.90. The van der Waals surface area contributed by atoms with E-state index in [1.807, 2.05) is 58.0 Å². The van der Waals surface area contributed by atoms with Crippen LogP contribution in [0.2, 0.25) is 0 Å². The fraction of sp³-hybridized carbons (Fsp3) is 0.579. The van der Waals surface area contributed by atoms with E-state index in [4.69, 9.17) is 10.5 Å². The van der Waals surface area contributed by atoms with Gasteiger partial charge in [-0.1, -0.05) is 30.3 Å². The van der Waals surface area contributed by atoms with Crippen LogP contribution < -0.4 is 5.73 Å². The Kier molecular flexibility index (Phi) is 7.42. The van der Waals surface area contributed by atoms with Crippen molar-refractivity contribution >= 4 is 11.9 Å².